The van der Waals surface area contributed by atoms with Crippen molar-refractivity contribution >= 4 is 18.3 Å². The highest BCUT2D eigenvalue weighted by atomic mass is 35.5. The van der Waals surface area contributed by atoms with Crippen LogP contribution in [0, 0.1) is 5.92 Å². The molecule has 16 heavy (non-hydrogen) atoms. The molecule has 0 bridgehead atoms. The van der Waals surface area contributed by atoms with E-state index < -0.39 is 6.04 Å². The maximum absolute atomic E-state index is 11.5. The molecular weight excluding hydrogens is 228 g/mol. The first-order valence-corrected chi connectivity index (χ1v) is 5.76. The fourth-order valence-electron chi connectivity index (χ4n) is 1.60. The van der Waals surface area contributed by atoms with Crippen LogP contribution in [-0.2, 0) is 9.53 Å². The van der Waals surface area contributed by atoms with Crippen molar-refractivity contribution < 1.29 is 9.53 Å². The van der Waals surface area contributed by atoms with Crippen molar-refractivity contribution in [1.82, 2.24) is 5.32 Å². The predicted molar refractivity (Wildman–Crippen MR) is 66.7 cm³/mol. The number of carbonyl (C=O) groups excluding carboxylic acids is 1. The van der Waals surface area contributed by atoms with Crippen LogP contribution in [0.3, 0.4) is 0 Å². The van der Waals surface area contributed by atoms with Crippen molar-refractivity contribution in [3.8, 4) is 0 Å². The molecule has 4 nitrogen and oxygen atoms in total. The molecule has 1 amide bonds. The van der Waals surface area contributed by atoms with Crippen LogP contribution in [0.1, 0.15) is 33.1 Å². The van der Waals surface area contributed by atoms with Crippen molar-refractivity contribution in [1.29, 1.82) is 0 Å². The summed E-state index contributed by atoms with van der Waals surface area (Å²) in [6, 6.07) is -0.409. The zero-order valence-corrected chi connectivity index (χ0v) is 10.9. The Morgan fingerprint density at radius 3 is 2.69 bits per heavy atom. The van der Waals surface area contributed by atoms with Gasteiger partial charge in [0.05, 0.1) is 12.1 Å². The van der Waals surface area contributed by atoms with Gasteiger partial charge in [0.2, 0.25) is 5.91 Å². The van der Waals surface area contributed by atoms with Gasteiger partial charge in [-0.3, -0.25) is 4.79 Å². The summed E-state index contributed by atoms with van der Waals surface area (Å²) in [7, 11) is 0. The van der Waals surface area contributed by atoms with Gasteiger partial charge in [0.1, 0.15) is 0 Å². The lowest BCUT2D eigenvalue weighted by Gasteiger charge is -2.24. The maximum atomic E-state index is 11.5. The van der Waals surface area contributed by atoms with Gasteiger partial charge in [-0.2, -0.15) is 0 Å². The van der Waals surface area contributed by atoms with Gasteiger partial charge in [0.25, 0.3) is 0 Å². The number of amides is 1. The molecule has 96 valence electrons. The minimum atomic E-state index is -0.409. The smallest absolute Gasteiger partial charge is 0.237 e. The fourth-order valence-corrected chi connectivity index (χ4v) is 1.60. The second-order valence-electron chi connectivity index (χ2n) is 4.50. The summed E-state index contributed by atoms with van der Waals surface area (Å²) < 4.78 is 5.51. The molecule has 0 spiro atoms. The monoisotopic (exact) mass is 250 g/mol. The lowest BCUT2D eigenvalue weighted by atomic mass is 10.0. The molecule has 0 aromatic rings. The Morgan fingerprint density at radius 2 is 2.19 bits per heavy atom. The van der Waals surface area contributed by atoms with E-state index in [0.29, 0.717) is 6.54 Å². The van der Waals surface area contributed by atoms with E-state index in [0.717, 1.165) is 19.4 Å². The Morgan fingerprint density at radius 1 is 1.50 bits per heavy atom. The van der Waals surface area contributed by atoms with E-state index in [1.165, 1.54) is 6.42 Å². The summed E-state index contributed by atoms with van der Waals surface area (Å²) >= 11 is 0. The number of rotatable bonds is 4. The molecule has 1 fully saturated rings. The summed E-state index contributed by atoms with van der Waals surface area (Å²) in [6.45, 7) is 5.30. The lowest BCUT2D eigenvalue weighted by Crippen LogP contribution is -2.46. The van der Waals surface area contributed by atoms with Gasteiger partial charge in [0, 0.05) is 13.2 Å². The van der Waals surface area contributed by atoms with E-state index >= 15 is 0 Å². The molecule has 1 rings (SSSR count). The van der Waals surface area contributed by atoms with Gasteiger partial charge in [-0.25, -0.2) is 0 Å². The third-order valence-electron chi connectivity index (χ3n) is 2.80. The summed E-state index contributed by atoms with van der Waals surface area (Å²) in [5.74, 6) is 0.108. The van der Waals surface area contributed by atoms with E-state index in [1.807, 2.05) is 13.8 Å². The molecule has 1 aliphatic rings. The van der Waals surface area contributed by atoms with Crippen LogP contribution in [0.4, 0.5) is 0 Å². The van der Waals surface area contributed by atoms with Crippen LogP contribution in [-0.4, -0.2) is 31.2 Å². The lowest BCUT2D eigenvalue weighted by molar-refractivity contribution is -0.124. The van der Waals surface area contributed by atoms with Crippen LogP contribution in [0.2, 0.25) is 0 Å². The first-order valence-electron chi connectivity index (χ1n) is 5.76. The van der Waals surface area contributed by atoms with Gasteiger partial charge in [-0.1, -0.05) is 13.8 Å². The molecule has 5 heteroatoms. The Balaban J connectivity index is 0.00000225. The number of nitrogens with two attached hydrogens (primary N) is 1. The number of carbonyl (C=O) groups is 1. The van der Waals surface area contributed by atoms with Crippen LogP contribution >= 0.6 is 12.4 Å². The highest BCUT2D eigenvalue weighted by Crippen LogP contribution is 2.11. The average Bonchev–Trinajstić information content (AvgIpc) is 2.26. The molecule has 0 saturated carbocycles. The van der Waals surface area contributed by atoms with Gasteiger partial charge in [0.15, 0.2) is 0 Å². The van der Waals surface area contributed by atoms with Crippen molar-refractivity contribution in [2.24, 2.45) is 11.7 Å². The first kappa shape index (κ1) is 15.7. The third-order valence-corrected chi connectivity index (χ3v) is 2.80. The maximum Gasteiger partial charge on any atom is 0.237 e. The standard InChI is InChI=1S/C11H22N2O2.ClH/c1-8(2)10(12)11(14)13-7-9-5-3-4-6-15-9;/h8-10H,3-7,12H2,1-2H3,(H,13,14);1H/t9?,10-;/m1./s1. The number of nitrogens with one attached hydrogen (secondary N) is 1. The molecule has 1 saturated heterocycles. The second-order valence-corrected chi connectivity index (χ2v) is 4.50. The topological polar surface area (TPSA) is 64.4 Å². The third kappa shape index (κ3) is 5.14. The molecule has 3 N–H and O–H groups in total. The van der Waals surface area contributed by atoms with E-state index in [4.69, 9.17) is 10.5 Å². The van der Waals surface area contributed by atoms with Gasteiger partial charge in [-0.15, -0.1) is 12.4 Å². The SMILES string of the molecule is CC(C)[C@@H](N)C(=O)NCC1CCCCO1.Cl. The van der Waals surface area contributed by atoms with E-state index in [9.17, 15) is 4.79 Å². The average molecular weight is 251 g/mol. The highest BCUT2D eigenvalue weighted by Gasteiger charge is 2.19. The van der Waals surface area contributed by atoms with Crippen LogP contribution in [0.25, 0.3) is 0 Å². The van der Waals surface area contributed by atoms with E-state index in [2.05, 4.69) is 5.32 Å². The molecule has 0 aromatic heterocycles. The minimum absolute atomic E-state index is 0. The van der Waals surface area contributed by atoms with Crippen LogP contribution < -0.4 is 11.1 Å². The zero-order chi connectivity index (χ0) is 11.3. The number of hydrogen-bond acceptors (Lipinski definition) is 3. The minimum Gasteiger partial charge on any atom is -0.376 e. The molecule has 0 aliphatic carbocycles. The number of halogens is 1. The predicted octanol–water partition coefficient (Wildman–Crippen LogP) is 1.08. The number of ether oxygens (including phenoxy) is 1. The number of hydrogen-bond donors (Lipinski definition) is 2. The Bertz CT molecular complexity index is 206. The van der Waals surface area contributed by atoms with Gasteiger partial charge >= 0.3 is 0 Å². The summed E-state index contributed by atoms with van der Waals surface area (Å²) in [5, 5.41) is 2.84. The summed E-state index contributed by atoms with van der Waals surface area (Å²) in [5.41, 5.74) is 5.72. The highest BCUT2D eigenvalue weighted by molar-refractivity contribution is 5.85. The molecule has 1 aliphatic heterocycles. The molecule has 1 heterocycles. The Labute approximate surface area is 104 Å². The summed E-state index contributed by atoms with van der Waals surface area (Å²) in [6.07, 6.45) is 3.55. The zero-order valence-electron chi connectivity index (χ0n) is 10.1. The second kappa shape index (κ2) is 7.87. The molecule has 0 radical (unpaired) electrons. The summed E-state index contributed by atoms with van der Waals surface area (Å²) in [4.78, 5) is 11.5. The van der Waals surface area contributed by atoms with E-state index in [-0.39, 0.29) is 30.3 Å². The van der Waals surface area contributed by atoms with Crippen LogP contribution in [0.5, 0.6) is 0 Å². The molecular formula is C11H23ClN2O2. The van der Waals surface area contributed by atoms with E-state index in [1.54, 1.807) is 0 Å². The van der Waals surface area contributed by atoms with Crippen LogP contribution in [0.15, 0.2) is 0 Å². The molecule has 1 unspecified atom stereocenters. The largest absolute Gasteiger partial charge is 0.376 e. The van der Waals surface area contributed by atoms with Crippen molar-refractivity contribution in [2.45, 2.75) is 45.3 Å². The Hall–Kier alpha value is -0.320. The quantitative estimate of drug-likeness (QED) is 0.785. The van der Waals surface area contributed by atoms with Crippen molar-refractivity contribution in [3.63, 3.8) is 0 Å². The first-order chi connectivity index (χ1) is 7.11. The normalized spacial score (nSPS) is 22.4. The molecule has 2 atom stereocenters. The van der Waals surface area contributed by atoms with Gasteiger partial charge < -0.3 is 15.8 Å². The van der Waals surface area contributed by atoms with Crippen molar-refractivity contribution in [3.05, 3.63) is 0 Å². The Kier molecular flexibility index (Phi) is 7.72. The molecule has 0 aromatic carbocycles. The fraction of sp³-hybridized carbons (Fsp3) is 0.909. The van der Waals surface area contributed by atoms with Crippen molar-refractivity contribution in [2.75, 3.05) is 13.2 Å². The van der Waals surface area contributed by atoms with Gasteiger partial charge in [-0.05, 0) is 25.2 Å².